The number of nitrogens with two attached hydrogens (primary N) is 1. The Kier molecular flexibility index (Phi) is 4.90. The van der Waals surface area contributed by atoms with E-state index in [4.69, 9.17) is 5.73 Å². The van der Waals surface area contributed by atoms with Crippen LogP contribution in [0.1, 0.15) is 5.56 Å². The molecule has 1 aromatic rings. The van der Waals surface area contributed by atoms with Crippen molar-refractivity contribution in [3.05, 3.63) is 17.0 Å². The van der Waals surface area contributed by atoms with E-state index in [-0.39, 0.29) is 23.1 Å². The summed E-state index contributed by atoms with van der Waals surface area (Å²) in [6, 6.07) is 1.51. The van der Waals surface area contributed by atoms with Crippen molar-refractivity contribution in [2.75, 3.05) is 25.6 Å². The van der Waals surface area contributed by atoms with Crippen LogP contribution in [0.2, 0.25) is 0 Å². The number of thiophene rings is 1. The van der Waals surface area contributed by atoms with Crippen LogP contribution in [0.25, 0.3) is 0 Å². The molecule has 104 valence electrons. The predicted octanol–water partition coefficient (Wildman–Crippen LogP) is -0.128. The van der Waals surface area contributed by atoms with E-state index in [9.17, 15) is 16.8 Å². The first-order valence-electron chi connectivity index (χ1n) is 5.08. The summed E-state index contributed by atoms with van der Waals surface area (Å²) in [5.41, 5.74) is 6.16. The Bertz CT molecular complexity index is 604. The molecule has 0 aliphatic heterocycles. The van der Waals surface area contributed by atoms with Crippen LogP contribution >= 0.6 is 11.3 Å². The predicted molar refractivity (Wildman–Crippen MR) is 71.7 cm³/mol. The van der Waals surface area contributed by atoms with Crippen LogP contribution in [-0.4, -0.2) is 46.7 Å². The lowest BCUT2D eigenvalue weighted by Gasteiger charge is -2.15. The SMILES string of the molecule is CN(CCS(C)(=O)=O)S(=O)(=O)c1cc(CN)cs1. The normalized spacial score (nSPS) is 13.1. The first-order valence-corrected chi connectivity index (χ1v) is 9.46. The molecule has 0 aromatic carbocycles. The van der Waals surface area contributed by atoms with E-state index in [2.05, 4.69) is 0 Å². The van der Waals surface area contributed by atoms with Gasteiger partial charge in [-0.15, -0.1) is 11.3 Å². The first-order chi connectivity index (χ1) is 8.16. The first kappa shape index (κ1) is 15.6. The average Bonchev–Trinajstić information content (AvgIpc) is 2.73. The van der Waals surface area contributed by atoms with E-state index in [1.165, 1.54) is 13.1 Å². The van der Waals surface area contributed by atoms with Gasteiger partial charge in [-0.1, -0.05) is 0 Å². The molecule has 0 atom stereocenters. The van der Waals surface area contributed by atoms with Crippen LogP contribution in [0.4, 0.5) is 0 Å². The summed E-state index contributed by atoms with van der Waals surface area (Å²) in [6.45, 7) is 0.218. The molecule has 0 fully saturated rings. The molecule has 9 heteroatoms. The lowest BCUT2D eigenvalue weighted by atomic mass is 10.4. The Morgan fingerprint density at radius 1 is 1.33 bits per heavy atom. The van der Waals surface area contributed by atoms with E-state index in [1.54, 1.807) is 5.38 Å². The van der Waals surface area contributed by atoms with Crippen molar-refractivity contribution < 1.29 is 16.8 Å². The van der Waals surface area contributed by atoms with Gasteiger partial charge in [0, 0.05) is 26.4 Å². The molecule has 0 unspecified atom stereocenters. The second kappa shape index (κ2) is 5.66. The molecule has 18 heavy (non-hydrogen) atoms. The molecular weight excluding hydrogens is 296 g/mol. The third-order valence-electron chi connectivity index (χ3n) is 2.31. The quantitative estimate of drug-likeness (QED) is 0.789. The fraction of sp³-hybridized carbons (Fsp3) is 0.556. The summed E-state index contributed by atoms with van der Waals surface area (Å²) >= 11 is 1.08. The minimum absolute atomic E-state index is 0.0585. The van der Waals surface area contributed by atoms with Crippen molar-refractivity contribution in [3.63, 3.8) is 0 Å². The van der Waals surface area contributed by atoms with Crippen LogP contribution in [0.3, 0.4) is 0 Å². The molecule has 0 aliphatic carbocycles. The number of sulfone groups is 1. The fourth-order valence-corrected chi connectivity index (χ4v) is 4.49. The molecule has 0 aliphatic rings. The van der Waals surface area contributed by atoms with Crippen molar-refractivity contribution in [1.29, 1.82) is 0 Å². The van der Waals surface area contributed by atoms with E-state index >= 15 is 0 Å². The van der Waals surface area contributed by atoms with Crippen LogP contribution < -0.4 is 5.73 Å². The standard InChI is InChI=1S/C9H16N2O4S3/c1-11(3-4-17(2,12)13)18(14,15)9-5-8(6-10)7-16-9/h5,7H,3-4,6,10H2,1-2H3. The van der Waals surface area contributed by atoms with Crippen LogP contribution in [-0.2, 0) is 26.4 Å². The van der Waals surface area contributed by atoms with Crippen molar-refractivity contribution in [3.8, 4) is 0 Å². The van der Waals surface area contributed by atoms with Gasteiger partial charge in [0.2, 0.25) is 0 Å². The molecule has 0 bridgehead atoms. The van der Waals surface area contributed by atoms with Crippen LogP contribution in [0, 0.1) is 0 Å². The van der Waals surface area contributed by atoms with Gasteiger partial charge in [-0.25, -0.2) is 16.8 Å². The van der Waals surface area contributed by atoms with Gasteiger partial charge >= 0.3 is 0 Å². The molecule has 0 saturated carbocycles. The zero-order valence-corrected chi connectivity index (χ0v) is 12.6. The highest BCUT2D eigenvalue weighted by molar-refractivity contribution is 7.91. The minimum Gasteiger partial charge on any atom is -0.326 e. The number of rotatable bonds is 6. The topological polar surface area (TPSA) is 97.5 Å². The molecular formula is C9H16N2O4S3. The Labute approximate surface area is 111 Å². The van der Waals surface area contributed by atoms with Crippen LogP contribution in [0.5, 0.6) is 0 Å². The number of sulfonamides is 1. The summed E-state index contributed by atoms with van der Waals surface area (Å²) in [7, 11) is -5.44. The van der Waals surface area contributed by atoms with E-state index < -0.39 is 19.9 Å². The summed E-state index contributed by atoms with van der Waals surface area (Å²) in [6.07, 6.45) is 1.07. The molecule has 2 N–H and O–H groups in total. The maximum atomic E-state index is 12.1. The number of hydrogen-bond donors (Lipinski definition) is 1. The van der Waals surface area contributed by atoms with Gasteiger partial charge in [0.15, 0.2) is 0 Å². The Morgan fingerprint density at radius 3 is 2.39 bits per heavy atom. The molecule has 6 nitrogen and oxygen atoms in total. The number of hydrogen-bond acceptors (Lipinski definition) is 6. The largest absolute Gasteiger partial charge is 0.326 e. The zero-order chi connectivity index (χ0) is 14.0. The Morgan fingerprint density at radius 2 is 1.94 bits per heavy atom. The summed E-state index contributed by atoms with van der Waals surface area (Å²) in [4.78, 5) is 0. The Balaban J connectivity index is 2.86. The lowest BCUT2D eigenvalue weighted by Crippen LogP contribution is -2.31. The molecule has 0 spiro atoms. The van der Waals surface area contributed by atoms with Crippen LogP contribution in [0.15, 0.2) is 15.7 Å². The third-order valence-corrected chi connectivity index (χ3v) is 6.55. The van der Waals surface area contributed by atoms with E-state index in [1.807, 2.05) is 0 Å². The lowest BCUT2D eigenvalue weighted by molar-refractivity contribution is 0.486. The highest BCUT2D eigenvalue weighted by atomic mass is 32.2. The monoisotopic (exact) mass is 312 g/mol. The zero-order valence-electron chi connectivity index (χ0n) is 10.2. The van der Waals surface area contributed by atoms with Gasteiger partial charge in [0.05, 0.1) is 5.75 Å². The van der Waals surface area contributed by atoms with Gasteiger partial charge < -0.3 is 5.73 Å². The smallest absolute Gasteiger partial charge is 0.252 e. The van der Waals surface area contributed by atoms with Gasteiger partial charge in [-0.05, 0) is 17.0 Å². The molecule has 1 aromatic heterocycles. The maximum absolute atomic E-state index is 12.1. The molecule has 1 rings (SSSR count). The summed E-state index contributed by atoms with van der Waals surface area (Å²) in [5, 5.41) is 1.68. The summed E-state index contributed by atoms with van der Waals surface area (Å²) in [5.74, 6) is -0.197. The number of nitrogens with zero attached hydrogens (tertiary/aromatic N) is 1. The molecule has 0 saturated heterocycles. The average molecular weight is 312 g/mol. The summed E-state index contributed by atoms with van der Waals surface area (Å²) < 4.78 is 47.4. The van der Waals surface area contributed by atoms with Crippen molar-refractivity contribution in [1.82, 2.24) is 4.31 Å². The van der Waals surface area contributed by atoms with Gasteiger partial charge in [0.1, 0.15) is 14.0 Å². The van der Waals surface area contributed by atoms with Crippen molar-refractivity contribution in [2.24, 2.45) is 5.73 Å². The van der Waals surface area contributed by atoms with Gasteiger partial charge in [0.25, 0.3) is 10.0 Å². The van der Waals surface area contributed by atoms with E-state index in [0.29, 0.717) is 0 Å². The van der Waals surface area contributed by atoms with E-state index in [0.717, 1.165) is 27.5 Å². The van der Waals surface area contributed by atoms with Crippen molar-refractivity contribution >= 4 is 31.2 Å². The third kappa shape index (κ3) is 4.02. The minimum atomic E-state index is -3.62. The second-order valence-corrected chi connectivity index (χ2v) is 9.38. The second-order valence-electron chi connectivity index (χ2n) is 3.93. The van der Waals surface area contributed by atoms with Gasteiger partial charge in [-0.3, -0.25) is 0 Å². The van der Waals surface area contributed by atoms with Crippen molar-refractivity contribution in [2.45, 2.75) is 10.8 Å². The highest BCUT2D eigenvalue weighted by Crippen LogP contribution is 2.22. The van der Waals surface area contributed by atoms with Gasteiger partial charge in [-0.2, -0.15) is 4.31 Å². The molecule has 1 heterocycles. The molecule has 0 radical (unpaired) electrons. The molecule has 0 amide bonds. The highest BCUT2D eigenvalue weighted by Gasteiger charge is 2.23. The fourth-order valence-electron chi connectivity index (χ4n) is 1.16. The Hall–Kier alpha value is -0.480. The maximum Gasteiger partial charge on any atom is 0.252 e.